The summed E-state index contributed by atoms with van der Waals surface area (Å²) >= 11 is 11.7. The first-order valence-electron chi connectivity index (χ1n) is 7.96. The molecule has 0 radical (unpaired) electrons. The van der Waals surface area contributed by atoms with Crippen LogP contribution in [0.5, 0.6) is 0 Å². The van der Waals surface area contributed by atoms with E-state index in [1.54, 1.807) is 0 Å². The van der Waals surface area contributed by atoms with Crippen LogP contribution in [0, 0.1) is 0 Å². The Hall–Kier alpha value is -1.86. The van der Waals surface area contributed by atoms with Gasteiger partial charge in [0.05, 0.1) is 10.0 Å². The molecule has 1 fully saturated rings. The third kappa shape index (κ3) is 5.86. The van der Waals surface area contributed by atoms with Crippen molar-refractivity contribution in [3.05, 3.63) is 22.3 Å². The summed E-state index contributed by atoms with van der Waals surface area (Å²) in [5, 5.41) is 2.98. The van der Waals surface area contributed by atoms with Crippen LogP contribution in [0.1, 0.15) is 32.6 Å². The lowest BCUT2D eigenvalue weighted by atomic mass is 10.2. The van der Waals surface area contributed by atoms with E-state index in [0.29, 0.717) is 18.0 Å². The second kappa shape index (κ2) is 9.01. The highest BCUT2D eigenvalue weighted by Gasteiger charge is 2.23. The van der Waals surface area contributed by atoms with Crippen molar-refractivity contribution >= 4 is 46.8 Å². The van der Waals surface area contributed by atoms with E-state index < -0.39 is 18.0 Å². The van der Waals surface area contributed by atoms with Crippen LogP contribution in [0.4, 0.5) is 5.82 Å². The molecular weight excluding hydrogens is 369 g/mol. The summed E-state index contributed by atoms with van der Waals surface area (Å²) in [7, 11) is 0. The lowest BCUT2D eigenvalue weighted by molar-refractivity contribution is -0.156. The van der Waals surface area contributed by atoms with E-state index in [2.05, 4.69) is 10.3 Å². The molecule has 1 aliphatic heterocycles. The Labute approximate surface area is 155 Å². The molecule has 2 rings (SSSR count). The predicted molar refractivity (Wildman–Crippen MR) is 93.5 cm³/mol. The molecule has 1 aromatic heterocycles. The van der Waals surface area contributed by atoms with Crippen molar-refractivity contribution in [3.63, 3.8) is 0 Å². The molecule has 2 heterocycles. The second-order valence-electron chi connectivity index (χ2n) is 5.73. The number of carbonyl (C=O) groups is 3. The van der Waals surface area contributed by atoms with E-state index in [0.717, 1.165) is 19.3 Å². The Balaban J connectivity index is 1.87. The SMILES string of the molecule is C[C@@H](OC(=O)CN1CCCCCC1=O)C(=O)Nc1ncc(Cl)cc1Cl. The highest BCUT2D eigenvalue weighted by atomic mass is 35.5. The molecule has 0 bridgehead atoms. The summed E-state index contributed by atoms with van der Waals surface area (Å²) < 4.78 is 5.10. The third-order valence-electron chi connectivity index (χ3n) is 3.72. The summed E-state index contributed by atoms with van der Waals surface area (Å²) in [6, 6.07) is 1.44. The minimum absolute atomic E-state index is 0.0660. The Morgan fingerprint density at radius 3 is 2.84 bits per heavy atom. The van der Waals surface area contributed by atoms with Crippen molar-refractivity contribution in [1.29, 1.82) is 0 Å². The molecular formula is C16H19Cl2N3O4. The van der Waals surface area contributed by atoms with Gasteiger partial charge >= 0.3 is 5.97 Å². The summed E-state index contributed by atoms with van der Waals surface area (Å²) in [5.74, 6) is -1.15. The Morgan fingerprint density at radius 1 is 1.36 bits per heavy atom. The molecule has 1 atom stereocenters. The number of rotatable bonds is 5. The zero-order valence-electron chi connectivity index (χ0n) is 13.8. The van der Waals surface area contributed by atoms with Crippen LogP contribution < -0.4 is 5.32 Å². The van der Waals surface area contributed by atoms with E-state index >= 15 is 0 Å². The van der Waals surface area contributed by atoms with Crippen molar-refractivity contribution in [2.75, 3.05) is 18.4 Å². The molecule has 136 valence electrons. The van der Waals surface area contributed by atoms with Crippen molar-refractivity contribution in [2.45, 2.75) is 38.7 Å². The fourth-order valence-corrected chi connectivity index (χ4v) is 2.80. The fraction of sp³-hybridized carbons (Fsp3) is 0.500. The van der Waals surface area contributed by atoms with Gasteiger partial charge in [0.2, 0.25) is 5.91 Å². The van der Waals surface area contributed by atoms with E-state index in [1.807, 2.05) is 0 Å². The van der Waals surface area contributed by atoms with Gasteiger partial charge in [0.1, 0.15) is 6.54 Å². The molecule has 0 aromatic carbocycles. The van der Waals surface area contributed by atoms with E-state index in [-0.39, 0.29) is 23.3 Å². The molecule has 0 unspecified atom stereocenters. The van der Waals surface area contributed by atoms with Gasteiger partial charge < -0.3 is 15.0 Å². The molecule has 1 aliphatic rings. The average Bonchev–Trinajstić information content (AvgIpc) is 2.74. The number of hydrogen-bond donors (Lipinski definition) is 1. The maximum atomic E-state index is 12.1. The molecule has 9 heteroatoms. The van der Waals surface area contributed by atoms with Gasteiger partial charge in [-0.25, -0.2) is 4.98 Å². The minimum atomic E-state index is -1.05. The molecule has 1 aromatic rings. The largest absolute Gasteiger partial charge is 0.451 e. The van der Waals surface area contributed by atoms with Gasteiger partial charge in [-0.1, -0.05) is 29.6 Å². The second-order valence-corrected chi connectivity index (χ2v) is 6.57. The van der Waals surface area contributed by atoms with Crippen molar-refractivity contribution < 1.29 is 19.1 Å². The maximum absolute atomic E-state index is 12.1. The van der Waals surface area contributed by atoms with E-state index in [4.69, 9.17) is 27.9 Å². The van der Waals surface area contributed by atoms with Gasteiger partial charge in [0, 0.05) is 19.2 Å². The van der Waals surface area contributed by atoms with Crippen LogP contribution in [0.25, 0.3) is 0 Å². The average molecular weight is 388 g/mol. The Bertz CT molecular complexity index is 669. The quantitative estimate of drug-likeness (QED) is 0.784. The molecule has 0 spiro atoms. The van der Waals surface area contributed by atoms with Crippen LogP contribution in [-0.4, -0.2) is 46.9 Å². The lowest BCUT2D eigenvalue weighted by Gasteiger charge is -2.20. The number of ether oxygens (including phenoxy) is 1. The Kier molecular flexibility index (Phi) is 7.01. The zero-order valence-corrected chi connectivity index (χ0v) is 15.3. The number of aromatic nitrogens is 1. The highest BCUT2D eigenvalue weighted by Crippen LogP contribution is 2.22. The van der Waals surface area contributed by atoms with E-state index in [9.17, 15) is 14.4 Å². The van der Waals surface area contributed by atoms with Gasteiger partial charge in [0.25, 0.3) is 5.91 Å². The number of esters is 1. The maximum Gasteiger partial charge on any atom is 0.326 e. The molecule has 1 N–H and O–H groups in total. The topological polar surface area (TPSA) is 88.6 Å². The normalized spacial score (nSPS) is 16.1. The highest BCUT2D eigenvalue weighted by molar-refractivity contribution is 6.36. The van der Waals surface area contributed by atoms with Gasteiger partial charge in [-0.2, -0.15) is 0 Å². The summed E-state index contributed by atoms with van der Waals surface area (Å²) in [5.41, 5.74) is 0. The molecule has 25 heavy (non-hydrogen) atoms. The molecule has 2 amide bonds. The smallest absolute Gasteiger partial charge is 0.326 e. The van der Waals surface area contributed by atoms with Crippen molar-refractivity contribution in [3.8, 4) is 0 Å². The number of likely N-dealkylation sites (tertiary alicyclic amines) is 1. The van der Waals surface area contributed by atoms with Gasteiger partial charge in [-0.3, -0.25) is 14.4 Å². The van der Waals surface area contributed by atoms with Crippen LogP contribution in [-0.2, 0) is 19.1 Å². The number of halogens is 2. The number of carbonyl (C=O) groups excluding carboxylic acids is 3. The number of anilines is 1. The van der Waals surface area contributed by atoms with Gasteiger partial charge in [0.15, 0.2) is 11.9 Å². The van der Waals surface area contributed by atoms with Crippen LogP contribution in [0.2, 0.25) is 10.0 Å². The van der Waals surface area contributed by atoms with Crippen molar-refractivity contribution in [1.82, 2.24) is 9.88 Å². The zero-order chi connectivity index (χ0) is 18.4. The number of nitrogens with zero attached hydrogens (tertiary/aromatic N) is 2. The summed E-state index contributed by atoms with van der Waals surface area (Å²) in [4.78, 5) is 41.3. The van der Waals surface area contributed by atoms with E-state index in [1.165, 1.54) is 24.1 Å². The third-order valence-corrected chi connectivity index (χ3v) is 4.21. The van der Waals surface area contributed by atoms with Crippen LogP contribution in [0.15, 0.2) is 12.3 Å². The van der Waals surface area contributed by atoms with Crippen LogP contribution >= 0.6 is 23.2 Å². The first-order chi connectivity index (χ1) is 11.9. The molecule has 0 aliphatic carbocycles. The monoisotopic (exact) mass is 387 g/mol. The number of nitrogens with one attached hydrogen (secondary N) is 1. The first-order valence-corrected chi connectivity index (χ1v) is 8.71. The number of hydrogen-bond acceptors (Lipinski definition) is 5. The number of pyridine rings is 1. The summed E-state index contributed by atoms with van der Waals surface area (Å²) in [6.45, 7) is 1.80. The van der Waals surface area contributed by atoms with Gasteiger partial charge in [-0.15, -0.1) is 0 Å². The van der Waals surface area contributed by atoms with Crippen LogP contribution in [0.3, 0.4) is 0 Å². The number of amides is 2. The minimum Gasteiger partial charge on any atom is -0.451 e. The fourth-order valence-electron chi connectivity index (χ4n) is 2.37. The molecule has 1 saturated heterocycles. The molecule has 7 nitrogen and oxygen atoms in total. The summed E-state index contributed by atoms with van der Waals surface area (Å²) in [6.07, 6.45) is 3.37. The lowest BCUT2D eigenvalue weighted by Crippen LogP contribution is -2.38. The Morgan fingerprint density at radius 2 is 2.12 bits per heavy atom. The predicted octanol–water partition coefficient (Wildman–Crippen LogP) is 2.66. The molecule has 0 saturated carbocycles. The van der Waals surface area contributed by atoms with Crippen molar-refractivity contribution in [2.24, 2.45) is 0 Å². The van der Waals surface area contributed by atoms with Gasteiger partial charge in [-0.05, 0) is 25.8 Å². The standard InChI is InChI=1S/C16H19Cl2N3O4/c1-10(16(24)20-15-12(18)7-11(17)8-19-15)25-14(23)9-21-6-4-2-3-5-13(21)22/h7-8,10H,2-6,9H2,1H3,(H,19,20,24)/t10-/m1/s1. The first kappa shape index (κ1) is 19.5.